The number of rotatable bonds is 6. The summed E-state index contributed by atoms with van der Waals surface area (Å²) in [4.78, 5) is 13.4. The third-order valence-corrected chi connectivity index (χ3v) is 4.87. The Morgan fingerprint density at radius 1 is 1.24 bits per heavy atom. The highest BCUT2D eigenvalue weighted by atomic mass is 127. The molecule has 1 saturated heterocycles. The van der Waals surface area contributed by atoms with Crippen molar-refractivity contribution in [1.29, 1.82) is 0 Å². The maximum Gasteiger partial charge on any atom is 0.191 e. The molecular weight excluding hydrogens is 479 g/mol. The van der Waals surface area contributed by atoms with E-state index in [1.54, 1.807) is 14.2 Å². The molecule has 0 aliphatic carbocycles. The zero-order valence-electron chi connectivity index (χ0n) is 17.6. The molecule has 158 valence electrons. The summed E-state index contributed by atoms with van der Waals surface area (Å²) >= 11 is 0. The highest BCUT2D eigenvalue weighted by Crippen LogP contribution is 2.30. The first-order valence-electron chi connectivity index (χ1n) is 9.59. The minimum Gasteiger partial charge on any atom is -0.495 e. The number of nitrogens with one attached hydrogen (secondary N) is 2. The third-order valence-electron chi connectivity index (χ3n) is 4.87. The number of pyridine rings is 1. The molecule has 1 unspecified atom stereocenters. The number of ether oxygens (including phenoxy) is 1. The molecule has 29 heavy (non-hydrogen) atoms. The van der Waals surface area contributed by atoms with Gasteiger partial charge in [-0.25, -0.2) is 4.98 Å². The van der Waals surface area contributed by atoms with Crippen LogP contribution in [0.4, 0.5) is 11.5 Å². The number of methoxy groups -OCH3 is 1. The van der Waals surface area contributed by atoms with Crippen LogP contribution in [-0.4, -0.2) is 58.3 Å². The van der Waals surface area contributed by atoms with Gasteiger partial charge in [0, 0.05) is 40.3 Å². The topological polar surface area (TPSA) is 65.0 Å². The summed E-state index contributed by atoms with van der Waals surface area (Å²) in [5.41, 5.74) is 2.12. The molecule has 1 aromatic heterocycles. The third kappa shape index (κ3) is 6.12. The van der Waals surface area contributed by atoms with E-state index >= 15 is 0 Å². The number of aromatic nitrogens is 1. The Labute approximate surface area is 190 Å². The number of halogens is 1. The Kier molecular flexibility index (Phi) is 8.81. The fourth-order valence-corrected chi connectivity index (χ4v) is 3.36. The lowest BCUT2D eigenvalue weighted by atomic mass is 10.2. The van der Waals surface area contributed by atoms with Gasteiger partial charge in [0.15, 0.2) is 5.96 Å². The molecule has 1 fully saturated rings. The van der Waals surface area contributed by atoms with Gasteiger partial charge >= 0.3 is 0 Å². The predicted molar refractivity (Wildman–Crippen MR) is 131 cm³/mol. The van der Waals surface area contributed by atoms with Gasteiger partial charge in [-0.1, -0.05) is 18.2 Å². The van der Waals surface area contributed by atoms with Gasteiger partial charge in [0.05, 0.1) is 25.0 Å². The average Bonchev–Trinajstić information content (AvgIpc) is 3.19. The van der Waals surface area contributed by atoms with Crippen LogP contribution < -0.4 is 25.2 Å². The first-order chi connectivity index (χ1) is 13.6. The summed E-state index contributed by atoms with van der Waals surface area (Å²) in [5.74, 6) is 2.66. The molecule has 0 radical (unpaired) electrons. The molecule has 3 rings (SSSR count). The molecule has 2 heterocycles. The summed E-state index contributed by atoms with van der Waals surface area (Å²) in [6.07, 6.45) is 1.05. The highest BCUT2D eigenvalue weighted by molar-refractivity contribution is 14.0. The molecule has 1 atom stereocenters. The van der Waals surface area contributed by atoms with Crippen LogP contribution in [0.15, 0.2) is 47.5 Å². The summed E-state index contributed by atoms with van der Waals surface area (Å²) in [6, 6.07) is 14.5. The number of hydrogen-bond acceptors (Lipinski definition) is 5. The van der Waals surface area contributed by atoms with Crippen molar-refractivity contribution in [3.8, 4) is 5.75 Å². The molecule has 8 heteroatoms. The average molecular weight is 510 g/mol. The van der Waals surface area contributed by atoms with Gasteiger partial charge in [0.25, 0.3) is 0 Å². The van der Waals surface area contributed by atoms with Gasteiger partial charge in [-0.05, 0) is 30.7 Å². The van der Waals surface area contributed by atoms with Crippen molar-refractivity contribution >= 4 is 41.4 Å². The molecular formula is C21H31IN6O. The second-order valence-electron chi connectivity index (χ2n) is 7.06. The van der Waals surface area contributed by atoms with E-state index in [0.29, 0.717) is 12.6 Å². The Bertz CT molecular complexity index is 813. The fourth-order valence-electron chi connectivity index (χ4n) is 3.36. The summed E-state index contributed by atoms with van der Waals surface area (Å²) in [5, 5.41) is 6.90. The predicted octanol–water partition coefficient (Wildman–Crippen LogP) is 2.72. The number of nitrogens with zero attached hydrogens (tertiary/aromatic N) is 4. The first-order valence-corrected chi connectivity index (χ1v) is 9.59. The molecule has 2 aromatic rings. The quantitative estimate of drug-likeness (QED) is 0.354. The van der Waals surface area contributed by atoms with Crippen LogP contribution in [0.2, 0.25) is 0 Å². The maximum absolute atomic E-state index is 5.50. The second-order valence-corrected chi connectivity index (χ2v) is 7.06. The van der Waals surface area contributed by atoms with Crippen molar-refractivity contribution in [2.75, 3.05) is 51.1 Å². The van der Waals surface area contributed by atoms with Crippen LogP contribution in [0.3, 0.4) is 0 Å². The molecule has 7 nitrogen and oxygen atoms in total. The van der Waals surface area contributed by atoms with Crippen LogP contribution in [0.1, 0.15) is 12.1 Å². The second kappa shape index (κ2) is 11.1. The molecule has 1 aliphatic heterocycles. The lowest BCUT2D eigenvalue weighted by Crippen LogP contribution is -2.44. The molecule has 0 saturated carbocycles. The number of hydrogen-bond donors (Lipinski definition) is 2. The highest BCUT2D eigenvalue weighted by Gasteiger charge is 2.25. The van der Waals surface area contributed by atoms with Crippen molar-refractivity contribution in [3.63, 3.8) is 0 Å². The van der Waals surface area contributed by atoms with Crippen LogP contribution in [0.25, 0.3) is 0 Å². The number of guanidine groups is 1. The van der Waals surface area contributed by atoms with Crippen molar-refractivity contribution < 1.29 is 4.74 Å². The van der Waals surface area contributed by atoms with Gasteiger partial charge in [-0.3, -0.25) is 4.99 Å². The Balaban J connectivity index is 0.00000300. The van der Waals surface area contributed by atoms with Crippen LogP contribution in [0.5, 0.6) is 5.75 Å². The summed E-state index contributed by atoms with van der Waals surface area (Å²) < 4.78 is 5.50. The van der Waals surface area contributed by atoms with Gasteiger partial charge in [0.1, 0.15) is 11.6 Å². The van der Waals surface area contributed by atoms with Crippen LogP contribution >= 0.6 is 24.0 Å². The van der Waals surface area contributed by atoms with Crippen molar-refractivity contribution in [2.45, 2.75) is 19.0 Å². The molecule has 2 N–H and O–H groups in total. The van der Waals surface area contributed by atoms with E-state index in [4.69, 9.17) is 4.74 Å². The van der Waals surface area contributed by atoms with E-state index in [1.807, 2.05) is 55.4 Å². The standard InChI is InChI=1S/C21H30N6O.HI/c1-22-21(23-14-16-8-7-11-20(24-16)26(2)3)25-17-12-13-27(15-17)18-9-5-6-10-19(18)28-4;/h5-11,17H,12-15H2,1-4H3,(H2,22,23,25);1H. The van der Waals surface area contributed by atoms with Crippen molar-refractivity contribution in [3.05, 3.63) is 48.2 Å². The summed E-state index contributed by atoms with van der Waals surface area (Å²) in [7, 11) is 7.50. The normalized spacial score (nSPS) is 16.2. The molecule has 1 aliphatic rings. The number of benzene rings is 1. The summed E-state index contributed by atoms with van der Waals surface area (Å²) in [6.45, 7) is 2.53. The monoisotopic (exact) mass is 510 g/mol. The Hall–Kier alpha value is -2.23. The zero-order valence-corrected chi connectivity index (χ0v) is 19.9. The largest absolute Gasteiger partial charge is 0.495 e. The van der Waals surface area contributed by atoms with Gasteiger partial charge in [0.2, 0.25) is 0 Å². The minimum atomic E-state index is 0. The van der Waals surface area contributed by atoms with E-state index in [9.17, 15) is 0 Å². The molecule has 0 amide bonds. The van der Waals surface area contributed by atoms with Gasteiger partial charge < -0.3 is 25.2 Å². The number of anilines is 2. The molecule has 0 spiro atoms. The minimum absolute atomic E-state index is 0. The fraction of sp³-hybridized carbons (Fsp3) is 0.429. The first kappa shape index (κ1) is 23.1. The van der Waals surface area contributed by atoms with E-state index in [0.717, 1.165) is 48.4 Å². The molecule has 1 aromatic carbocycles. The Morgan fingerprint density at radius 3 is 2.76 bits per heavy atom. The number of aliphatic imine (C=N–C) groups is 1. The van der Waals surface area contributed by atoms with E-state index in [1.165, 1.54) is 0 Å². The lowest BCUT2D eigenvalue weighted by Gasteiger charge is -2.22. The zero-order chi connectivity index (χ0) is 19.9. The molecule has 0 bridgehead atoms. The van der Waals surface area contributed by atoms with Gasteiger partial charge in [-0.2, -0.15) is 0 Å². The van der Waals surface area contributed by atoms with E-state index in [2.05, 4.69) is 31.6 Å². The van der Waals surface area contributed by atoms with Crippen molar-refractivity contribution in [2.24, 2.45) is 4.99 Å². The van der Waals surface area contributed by atoms with Gasteiger partial charge in [-0.15, -0.1) is 24.0 Å². The van der Waals surface area contributed by atoms with Crippen LogP contribution in [-0.2, 0) is 6.54 Å². The van der Waals surface area contributed by atoms with E-state index in [-0.39, 0.29) is 24.0 Å². The SMILES string of the molecule is CN=C(NCc1cccc(N(C)C)n1)NC1CCN(c2ccccc2OC)C1.I. The smallest absolute Gasteiger partial charge is 0.191 e. The Morgan fingerprint density at radius 2 is 2.03 bits per heavy atom. The number of para-hydroxylation sites is 2. The lowest BCUT2D eigenvalue weighted by molar-refractivity contribution is 0.415. The van der Waals surface area contributed by atoms with Crippen molar-refractivity contribution in [1.82, 2.24) is 15.6 Å². The van der Waals surface area contributed by atoms with E-state index < -0.39 is 0 Å². The maximum atomic E-state index is 5.50. The van der Waals surface area contributed by atoms with Crippen LogP contribution in [0, 0.1) is 0 Å².